The van der Waals surface area contributed by atoms with Crippen LogP contribution in [0.15, 0.2) is 65.6 Å². The summed E-state index contributed by atoms with van der Waals surface area (Å²) in [5, 5.41) is 23.8. The van der Waals surface area contributed by atoms with Gasteiger partial charge in [-0.1, -0.05) is 48.5 Å². The lowest BCUT2D eigenvalue weighted by Gasteiger charge is -2.17. The number of carboxylic acid groups (broad SMARTS) is 1. The van der Waals surface area contributed by atoms with Gasteiger partial charge in [-0.2, -0.15) is 0 Å². The van der Waals surface area contributed by atoms with E-state index in [1.54, 1.807) is 42.5 Å². The van der Waals surface area contributed by atoms with Gasteiger partial charge in [-0.25, -0.2) is 18.0 Å². The summed E-state index contributed by atoms with van der Waals surface area (Å²) < 4.78 is 29.6. The molecule has 2 amide bonds. The number of aliphatic carboxylic acids is 1. The normalized spacial score (nSPS) is 12.9. The van der Waals surface area contributed by atoms with Gasteiger partial charge < -0.3 is 25.6 Å². The van der Waals surface area contributed by atoms with E-state index in [0.29, 0.717) is 0 Å². The second kappa shape index (κ2) is 12.6. The maximum Gasteiger partial charge on any atom is 0.407 e. The largest absolute Gasteiger partial charge is 0.480 e. The number of amides is 2. The zero-order valence-corrected chi connectivity index (χ0v) is 18.5. The molecule has 0 aliphatic carbocycles. The van der Waals surface area contributed by atoms with Crippen LogP contribution in [0.2, 0.25) is 0 Å². The summed E-state index contributed by atoms with van der Waals surface area (Å²) >= 11 is 0. The van der Waals surface area contributed by atoms with Crippen LogP contribution in [-0.2, 0) is 30.8 Å². The average molecular weight is 479 g/mol. The first kappa shape index (κ1) is 25.8. The fraction of sp³-hybridized carbons (Fsp3) is 0.318. The second-order valence-corrected chi connectivity index (χ2v) is 9.29. The Kier molecular flexibility index (Phi) is 9.83. The van der Waals surface area contributed by atoms with E-state index in [4.69, 9.17) is 4.74 Å². The monoisotopic (exact) mass is 478 g/mol. The van der Waals surface area contributed by atoms with Crippen molar-refractivity contribution >= 4 is 27.8 Å². The molecule has 10 nitrogen and oxygen atoms in total. The van der Waals surface area contributed by atoms with Crippen molar-refractivity contribution in [2.75, 3.05) is 12.3 Å². The van der Waals surface area contributed by atoms with Crippen molar-refractivity contribution in [3.8, 4) is 0 Å². The van der Waals surface area contributed by atoms with Crippen LogP contribution in [0.3, 0.4) is 0 Å². The van der Waals surface area contributed by atoms with Gasteiger partial charge in [0.15, 0.2) is 9.84 Å². The zero-order chi connectivity index (χ0) is 24.3. The number of hydrogen-bond donors (Lipinski definition) is 4. The average Bonchev–Trinajstić information content (AvgIpc) is 2.80. The van der Waals surface area contributed by atoms with E-state index in [9.17, 15) is 33.0 Å². The minimum absolute atomic E-state index is 0.0371. The summed E-state index contributed by atoms with van der Waals surface area (Å²) in [4.78, 5) is 35.3. The molecule has 11 heteroatoms. The fourth-order valence-corrected chi connectivity index (χ4v) is 4.14. The van der Waals surface area contributed by atoms with E-state index in [2.05, 4.69) is 10.6 Å². The van der Waals surface area contributed by atoms with Crippen molar-refractivity contribution in [3.63, 3.8) is 0 Å². The van der Waals surface area contributed by atoms with Gasteiger partial charge in [-0.05, 0) is 24.1 Å². The highest BCUT2D eigenvalue weighted by Gasteiger charge is 2.25. The van der Waals surface area contributed by atoms with Gasteiger partial charge in [0, 0.05) is 6.54 Å². The molecular weight excluding hydrogens is 452 g/mol. The Morgan fingerprint density at radius 3 is 2.18 bits per heavy atom. The highest BCUT2D eigenvalue weighted by Crippen LogP contribution is 2.12. The van der Waals surface area contributed by atoms with E-state index in [1.165, 1.54) is 12.1 Å². The summed E-state index contributed by atoms with van der Waals surface area (Å²) in [6.45, 7) is -0.253. The van der Waals surface area contributed by atoms with E-state index < -0.39 is 52.1 Å². The smallest absolute Gasteiger partial charge is 0.407 e. The predicted octanol–water partition coefficient (Wildman–Crippen LogP) is 1.10. The quantitative estimate of drug-likeness (QED) is 0.353. The molecule has 0 aliphatic rings. The lowest BCUT2D eigenvalue weighted by molar-refractivity contribution is -0.142. The molecule has 178 valence electrons. The maximum atomic E-state index is 12.3. The summed E-state index contributed by atoms with van der Waals surface area (Å²) in [6.07, 6.45) is -2.92. The van der Waals surface area contributed by atoms with Crippen LogP contribution in [0, 0.1) is 0 Å². The number of alkyl carbamates (subject to hydrolysis) is 1. The molecule has 0 fully saturated rings. The van der Waals surface area contributed by atoms with Crippen LogP contribution < -0.4 is 10.6 Å². The Balaban J connectivity index is 1.75. The molecule has 0 aliphatic heterocycles. The topological polar surface area (TPSA) is 159 Å². The lowest BCUT2D eigenvalue weighted by Crippen LogP contribution is -2.44. The Hall–Kier alpha value is -3.44. The molecule has 0 saturated heterocycles. The summed E-state index contributed by atoms with van der Waals surface area (Å²) in [7, 11) is -3.72. The van der Waals surface area contributed by atoms with Gasteiger partial charge >= 0.3 is 12.1 Å². The number of ether oxygens (including phenoxy) is 1. The Labute approximate surface area is 191 Å². The van der Waals surface area contributed by atoms with Crippen LogP contribution in [-0.4, -0.2) is 61.0 Å². The first-order valence-corrected chi connectivity index (χ1v) is 11.7. The van der Waals surface area contributed by atoms with E-state index in [0.717, 1.165) is 5.56 Å². The second-order valence-electron chi connectivity index (χ2n) is 7.18. The summed E-state index contributed by atoms with van der Waals surface area (Å²) in [5.74, 6) is -2.68. The molecule has 0 bridgehead atoms. The molecule has 0 spiro atoms. The van der Waals surface area contributed by atoms with Crippen molar-refractivity contribution in [1.82, 2.24) is 10.6 Å². The Bertz CT molecular complexity index is 1030. The van der Waals surface area contributed by atoms with E-state index in [1.807, 2.05) is 6.07 Å². The molecular formula is C22H26N2O8S. The Morgan fingerprint density at radius 2 is 1.58 bits per heavy atom. The van der Waals surface area contributed by atoms with Crippen molar-refractivity contribution in [3.05, 3.63) is 66.2 Å². The number of aliphatic hydroxyl groups is 1. The van der Waals surface area contributed by atoms with Crippen molar-refractivity contribution in [2.45, 2.75) is 36.5 Å². The molecule has 0 radical (unpaired) electrons. The number of carboxylic acids is 1. The molecule has 2 atom stereocenters. The first-order chi connectivity index (χ1) is 15.7. The van der Waals surface area contributed by atoms with Crippen LogP contribution >= 0.6 is 0 Å². The Morgan fingerprint density at radius 1 is 0.970 bits per heavy atom. The minimum Gasteiger partial charge on any atom is -0.480 e. The number of benzene rings is 2. The van der Waals surface area contributed by atoms with Gasteiger partial charge in [0.05, 0.1) is 23.2 Å². The van der Waals surface area contributed by atoms with E-state index >= 15 is 0 Å². The third-order valence-electron chi connectivity index (χ3n) is 4.53. The number of carbonyl (C=O) groups is 3. The van der Waals surface area contributed by atoms with Gasteiger partial charge in [0.25, 0.3) is 0 Å². The van der Waals surface area contributed by atoms with Gasteiger partial charge in [-0.3, -0.25) is 4.79 Å². The van der Waals surface area contributed by atoms with Crippen molar-refractivity contribution in [1.29, 1.82) is 0 Å². The van der Waals surface area contributed by atoms with Crippen molar-refractivity contribution < 1.29 is 37.8 Å². The minimum atomic E-state index is -3.72. The standard InChI is InChI=1S/C22H26N2O8S/c25-17(14-23-22(29)32-15-16-7-3-1-4-8-16)13-20(26)24-19(21(27)28)11-12-33(30,31)18-9-5-2-6-10-18/h1-10,17,19,25H,11-15H2,(H,23,29)(H,24,26)(H,27,28)/t17-,19+/m0/s1. The number of hydrogen-bond acceptors (Lipinski definition) is 7. The third-order valence-corrected chi connectivity index (χ3v) is 6.29. The van der Waals surface area contributed by atoms with Crippen LogP contribution in [0.5, 0.6) is 0 Å². The van der Waals surface area contributed by atoms with Gasteiger partial charge in [0.1, 0.15) is 12.6 Å². The molecule has 2 rings (SSSR count). The van der Waals surface area contributed by atoms with Crippen LogP contribution in [0.4, 0.5) is 4.79 Å². The van der Waals surface area contributed by atoms with E-state index in [-0.39, 0.29) is 24.5 Å². The molecule has 0 heterocycles. The number of carbonyl (C=O) groups excluding carboxylic acids is 2. The van der Waals surface area contributed by atoms with Crippen molar-refractivity contribution in [2.24, 2.45) is 0 Å². The molecule has 4 N–H and O–H groups in total. The van der Waals surface area contributed by atoms with Gasteiger partial charge in [-0.15, -0.1) is 0 Å². The fourth-order valence-electron chi connectivity index (χ4n) is 2.79. The van der Waals surface area contributed by atoms with Crippen LogP contribution in [0.25, 0.3) is 0 Å². The number of nitrogens with one attached hydrogen (secondary N) is 2. The van der Waals surface area contributed by atoms with Gasteiger partial charge in [0.2, 0.25) is 5.91 Å². The SMILES string of the molecule is O=C(C[C@H](O)CNC(=O)OCc1ccccc1)N[C@H](CCS(=O)(=O)c1ccccc1)C(=O)O. The maximum absolute atomic E-state index is 12.3. The number of rotatable bonds is 12. The predicted molar refractivity (Wildman–Crippen MR) is 118 cm³/mol. The molecule has 33 heavy (non-hydrogen) atoms. The molecule has 2 aromatic rings. The third kappa shape index (κ3) is 9.29. The highest BCUT2D eigenvalue weighted by molar-refractivity contribution is 7.91. The first-order valence-electron chi connectivity index (χ1n) is 10.1. The lowest BCUT2D eigenvalue weighted by atomic mass is 10.2. The van der Waals surface area contributed by atoms with Crippen LogP contribution in [0.1, 0.15) is 18.4 Å². The molecule has 0 saturated carbocycles. The zero-order valence-electron chi connectivity index (χ0n) is 17.7. The summed E-state index contributed by atoms with van der Waals surface area (Å²) in [5.41, 5.74) is 0.779. The molecule has 0 aromatic heterocycles. The molecule has 0 unspecified atom stereocenters. The highest BCUT2D eigenvalue weighted by atomic mass is 32.2. The number of aliphatic hydroxyl groups excluding tert-OH is 1. The summed E-state index contributed by atoms with van der Waals surface area (Å²) in [6, 6.07) is 15.1. The number of sulfone groups is 1. The molecule has 2 aromatic carbocycles.